The molecule has 0 amide bonds. The number of rotatable bonds is 13. The molecule has 3 N–H and O–H groups in total. The van der Waals surface area contributed by atoms with E-state index < -0.39 is 0 Å². The molecule has 0 spiro atoms. The molecule has 0 rings (SSSR count). The van der Waals surface area contributed by atoms with Crippen molar-refractivity contribution in [3.05, 3.63) is 0 Å². The topological polar surface area (TPSA) is 38.0 Å². The van der Waals surface area contributed by atoms with Crippen molar-refractivity contribution >= 4 is 0 Å². The zero-order valence-electron chi connectivity index (χ0n) is 12.1. The van der Waals surface area contributed by atoms with Gasteiger partial charge >= 0.3 is 0 Å². The maximum Gasteiger partial charge on any atom is 0.0543 e. The van der Waals surface area contributed by atoms with Gasteiger partial charge in [-0.15, -0.1) is 0 Å². The smallest absolute Gasteiger partial charge is 0.0543 e. The predicted molar refractivity (Wildman–Crippen MR) is 80.2 cm³/mol. The van der Waals surface area contributed by atoms with E-state index in [0.29, 0.717) is 0 Å². The van der Waals surface area contributed by atoms with E-state index in [-0.39, 0.29) is 7.59 Å². The molecule has 17 heavy (non-hydrogen) atoms. The minimum atomic E-state index is 0. The largest absolute Gasteiger partial charge is 0.316 e. The zero-order valence-corrected chi connectivity index (χ0v) is 12.1. The van der Waals surface area contributed by atoms with Crippen LogP contribution in [0.5, 0.6) is 0 Å². The minimum Gasteiger partial charge on any atom is -0.316 e. The molecule has 0 saturated heterocycles. The lowest BCUT2D eigenvalue weighted by atomic mass is 10.1. The number of hydrogen-bond donors (Lipinski definition) is 2. The number of unbranched alkanes of at least 4 members (excludes halogenated alkanes) is 9. The van der Waals surface area contributed by atoms with Gasteiger partial charge in [-0.3, -0.25) is 0 Å². The highest BCUT2D eigenvalue weighted by atomic mass is 15.0. The molecule has 0 aromatic rings. The Labute approximate surface area is 110 Å². The van der Waals surface area contributed by atoms with Crippen LogP contribution < -0.4 is 11.1 Å². The van der Waals surface area contributed by atoms with E-state index in [1.165, 1.54) is 64.2 Å². The average molecular weight is 244 g/mol. The highest BCUT2D eigenvalue weighted by Crippen LogP contribution is 2.10. The van der Waals surface area contributed by atoms with Crippen molar-refractivity contribution < 1.29 is 1.43 Å². The van der Waals surface area contributed by atoms with Gasteiger partial charge in [-0.05, 0) is 19.4 Å². The monoisotopic (exact) mass is 244 g/mol. The molecule has 0 saturated carbocycles. The summed E-state index contributed by atoms with van der Waals surface area (Å²) in [5, 5.41) is 3.34. The Morgan fingerprint density at radius 2 is 1.29 bits per heavy atom. The summed E-state index contributed by atoms with van der Waals surface area (Å²) in [6.45, 7) is 5.49. The fraction of sp³-hybridized carbons (Fsp3) is 1.00. The first-order valence-electron chi connectivity index (χ1n) is 7.80. The van der Waals surface area contributed by atoms with Crippen LogP contribution in [0.4, 0.5) is 0 Å². The van der Waals surface area contributed by atoms with E-state index in [1.807, 2.05) is 0 Å². The van der Waals surface area contributed by atoms with Crippen molar-refractivity contribution in [3.8, 4) is 0 Å². The molecule has 0 aromatic heterocycles. The molecule has 0 fully saturated rings. The minimum absolute atomic E-state index is 0. The molecule has 106 valence electrons. The Balaban J connectivity index is 0. The molecule has 0 bridgehead atoms. The summed E-state index contributed by atoms with van der Waals surface area (Å²) in [7, 11) is 0. The summed E-state index contributed by atoms with van der Waals surface area (Å²) in [5.41, 5.74) is 5.78. The normalized spacial score (nSPS) is 12.9. The summed E-state index contributed by atoms with van der Waals surface area (Å²) < 4.78 is 0. The van der Waals surface area contributed by atoms with Gasteiger partial charge in [0.1, 0.15) is 0 Å². The van der Waals surface area contributed by atoms with Crippen LogP contribution >= 0.6 is 0 Å². The van der Waals surface area contributed by atoms with Gasteiger partial charge in [-0.1, -0.05) is 71.6 Å². The van der Waals surface area contributed by atoms with Crippen molar-refractivity contribution in [1.82, 2.24) is 5.32 Å². The maximum absolute atomic E-state index is 5.78. The molecule has 0 aliphatic carbocycles. The van der Waals surface area contributed by atoms with Gasteiger partial charge in [-0.2, -0.15) is 0 Å². The van der Waals surface area contributed by atoms with Gasteiger partial charge in [0.25, 0.3) is 0 Å². The van der Waals surface area contributed by atoms with Crippen LogP contribution in [0, 0.1) is 0 Å². The molecule has 0 aromatic carbocycles. The van der Waals surface area contributed by atoms with Crippen LogP contribution in [-0.4, -0.2) is 12.7 Å². The van der Waals surface area contributed by atoms with Gasteiger partial charge in [0.05, 0.1) is 6.17 Å². The molecule has 0 aliphatic heterocycles. The van der Waals surface area contributed by atoms with Crippen LogP contribution in [0.2, 0.25) is 0 Å². The van der Waals surface area contributed by atoms with E-state index in [9.17, 15) is 0 Å². The van der Waals surface area contributed by atoms with Crippen LogP contribution in [0.15, 0.2) is 0 Å². The second kappa shape index (κ2) is 14.0. The lowest BCUT2D eigenvalue weighted by Crippen LogP contribution is -2.37. The molecular formula is C15H36N2. The van der Waals surface area contributed by atoms with Gasteiger partial charge in [0, 0.05) is 1.43 Å². The van der Waals surface area contributed by atoms with Crippen LogP contribution in [-0.2, 0) is 0 Å². The molecule has 0 radical (unpaired) electrons. The number of hydrogen-bond acceptors (Lipinski definition) is 2. The van der Waals surface area contributed by atoms with E-state index in [1.54, 1.807) is 0 Å². The van der Waals surface area contributed by atoms with Crippen molar-refractivity contribution in [1.29, 1.82) is 0 Å². The summed E-state index contributed by atoms with van der Waals surface area (Å²) in [6.07, 6.45) is 15.2. The van der Waals surface area contributed by atoms with E-state index in [4.69, 9.17) is 5.73 Å². The molecule has 0 heterocycles. The first-order chi connectivity index (χ1) is 8.31. The maximum atomic E-state index is 5.78. The van der Waals surface area contributed by atoms with Gasteiger partial charge < -0.3 is 11.1 Å². The summed E-state index contributed by atoms with van der Waals surface area (Å²) in [5.74, 6) is 0. The third-order valence-electron chi connectivity index (χ3n) is 3.38. The predicted octanol–water partition coefficient (Wildman–Crippen LogP) is 4.44. The Morgan fingerprint density at radius 3 is 1.76 bits per heavy atom. The SMILES string of the molecule is CCCCCCCCCCCCNC(N)CC.[HH]. The summed E-state index contributed by atoms with van der Waals surface area (Å²) >= 11 is 0. The highest BCUT2D eigenvalue weighted by molar-refractivity contribution is 4.56. The van der Waals surface area contributed by atoms with Crippen LogP contribution in [0.3, 0.4) is 0 Å². The standard InChI is InChI=1S/C15H34N2.H2/c1-3-5-6-7-8-9-10-11-12-13-14-17-15(16)4-2;/h15,17H,3-14,16H2,1-2H3;1H. The summed E-state index contributed by atoms with van der Waals surface area (Å²) in [6, 6.07) is 0. The van der Waals surface area contributed by atoms with Gasteiger partial charge in [-0.25, -0.2) is 0 Å². The Hall–Kier alpha value is -0.0800. The fourth-order valence-corrected chi connectivity index (χ4v) is 2.04. The summed E-state index contributed by atoms with van der Waals surface area (Å²) in [4.78, 5) is 0. The number of nitrogens with two attached hydrogens (primary N) is 1. The lowest BCUT2D eigenvalue weighted by Gasteiger charge is -2.10. The average Bonchev–Trinajstić information content (AvgIpc) is 2.35. The first-order valence-corrected chi connectivity index (χ1v) is 7.80. The third kappa shape index (κ3) is 13.9. The van der Waals surface area contributed by atoms with Crippen molar-refractivity contribution in [3.63, 3.8) is 0 Å². The molecule has 1 atom stereocenters. The molecular weight excluding hydrogens is 208 g/mol. The van der Waals surface area contributed by atoms with Crippen LogP contribution in [0.25, 0.3) is 0 Å². The Kier molecular flexibility index (Phi) is 13.9. The molecule has 1 unspecified atom stereocenters. The second-order valence-corrected chi connectivity index (χ2v) is 5.15. The van der Waals surface area contributed by atoms with Gasteiger partial charge in [0.15, 0.2) is 0 Å². The Bertz CT molecular complexity index is 142. The quantitative estimate of drug-likeness (QED) is 0.371. The van der Waals surface area contributed by atoms with Gasteiger partial charge in [0.2, 0.25) is 0 Å². The van der Waals surface area contributed by atoms with Crippen molar-refractivity contribution in [2.75, 3.05) is 6.54 Å². The first kappa shape index (κ1) is 16.9. The molecule has 2 nitrogen and oxygen atoms in total. The second-order valence-electron chi connectivity index (χ2n) is 5.15. The van der Waals surface area contributed by atoms with Crippen molar-refractivity contribution in [2.45, 2.75) is 90.6 Å². The van der Waals surface area contributed by atoms with E-state index in [0.717, 1.165) is 13.0 Å². The Morgan fingerprint density at radius 1 is 0.824 bits per heavy atom. The number of nitrogens with one attached hydrogen (secondary N) is 1. The zero-order chi connectivity index (χ0) is 12.8. The highest BCUT2D eigenvalue weighted by Gasteiger charge is 1.96. The third-order valence-corrected chi connectivity index (χ3v) is 3.38. The van der Waals surface area contributed by atoms with Crippen molar-refractivity contribution in [2.24, 2.45) is 5.73 Å². The molecule has 2 heteroatoms. The van der Waals surface area contributed by atoms with Crippen LogP contribution in [0.1, 0.15) is 85.9 Å². The van der Waals surface area contributed by atoms with E-state index in [2.05, 4.69) is 19.2 Å². The fourth-order valence-electron chi connectivity index (χ4n) is 2.04. The molecule has 0 aliphatic rings. The lowest BCUT2D eigenvalue weighted by molar-refractivity contribution is 0.486. The van der Waals surface area contributed by atoms with E-state index >= 15 is 0 Å².